The quantitative estimate of drug-likeness (QED) is 0.631. The second-order valence-electron chi connectivity index (χ2n) is 5.70. The first-order valence-corrected chi connectivity index (χ1v) is 7.94. The average molecular weight is 326 g/mol. The second-order valence-corrected chi connectivity index (χ2v) is 5.70. The van der Waals surface area contributed by atoms with Crippen LogP contribution in [0.15, 0.2) is 47.5 Å². The Bertz CT molecular complexity index is 750. The van der Waals surface area contributed by atoms with E-state index in [-0.39, 0.29) is 11.8 Å². The van der Waals surface area contributed by atoms with Crippen LogP contribution in [0.1, 0.15) is 28.8 Å². The molecule has 0 bridgehead atoms. The number of hydrogen-bond acceptors (Lipinski definition) is 4. The summed E-state index contributed by atoms with van der Waals surface area (Å²) in [6, 6.07) is 11.9. The number of nitrogens with zero attached hydrogens (tertiary/aromatic N) is 2. The molecule has 0 radical (unpaired) electrons. The van der Waals surface area contributed by atoms with Crippen LogP contribution in [0.3, 0.4) is 0 Å². The lowest BCUT2D eigenvalue weighted by molar-refractivity contribution is 0.0601. The highest BCUT2D eigenvalue weighted by atomic mass is 19.1. The monoisotopic (exact) mass is 326 g/mol. The van der Waals surface area contributed by atoms with Crippen molar-refractivity contribution in [2.75, 3.05) is 25.1 Å². The van der Waals surface area contributed by atoms with Gasteiger partial charge in [0.05, 0.1) is 24.0 Å². The summed E-state index contributed by atoms with van der Waals surface area (Å²) >= 11 is 0. The number of rotatable bonds is 4. The van der Waals surface area contributed by atoms with Gasteiger partial charge in [0.15, 0.2) is 0 Å². The van der Waals surface area contributed by atoms with E-state index in [0.29, 0.717) is 22.5 Å². The molecule has 0 saturated carbocycles. The lowest BCUT2D eigenvalue weighted by Crippen LogP contribution is -2.18. The van der Waals surface area contributed by atoms with Gasteiger partial charge < -0.3 is 9.64 Å². The molecule has 2 aromatic carbocycles. The fourth-order valence-corrected chi connectivity index (χ4v) is 2.77. The van der Waals surface area contributed by atoms with Crippen molar-refractivity contribution in [3.05, 3.63) is 59.4 Å². The largest absolute Gasteiger partial charge is 0.465 e. The van der Waals surface area contributed by atoms with Crippen LogP contribution in [0.2, 0.25) is 0 Å². The number of hydrogen-bond donors (Lipinski definition) is 0. The Balaban J connectivity index is 1.72. The van der Waals surface area contributed by atoms with Gasteiger partial charge in [0, 0.05) is 19.3 Å². The number of carbonyl (C=O) groups is 1. The van der Waals surface area contributed by atoms with Gasteiger partial charge in [-0.05, 0) is 54.8 Å². The number of halogens is 1. The molecule has 5 heteroatoms. The van der Waals surface area contributed by atoms with Gasteiger partial charge >= 0.3 is 5.97 Å². The van der Waals surface area contributed by atoms with Crippen molar-refractivity contribution < 1.29 is 13.9 Å². The highest BCUT2D eigenvalue weighted by Crippen LogP contribution is 2.24. The molecule has 3 rings (SSSR count). The van der Waals surface area contributed by atoms with Gasteiger partial charge in [-0.3, -0.25) is 4.99 Å². The summed E-state index contributed by atoms with van der Waals surface area (Å²) in [5.41, 5.74) is 2.52. The number of ether oxygens (including phenoxy) is 1. The minimum atomic E-state index is -0.384. The summed E-state index contributed by atoms with van der Waals surface area (Å²) < 4.78 is 18.9. The number of methoxy groups -OCH3 is 1. The van der Waals surface area contributed by atoms with Crippen molar-refractivity contribution in [1.82, 2.24) is 0 Å². The Kier molecular flexibility index (Phi) is 4.89. The summed E-state index contributed by atoms with van der Waals surface area (Å²) in [7, 11) is 1.34. The first kappa shape index (κ1) is 16.2. The zero-order valence-electron chi connectivity index (χ0n) is 13.5. The van der Waals surface area contributed by atoms with Gasteiger partial charge in [-0.15, -0.1) is 0 Å². The Morgan fingerprint density at radius 1 is 1.17 bits per heavy atom. The molecular formula is C19H19FN2O2. The van der Waals surface area contributed by atoms with Gasteiger partial charge in [0.2, 0.25) is 0 Å². The Hall–Kier alpha value is -2.69. The Morgan fingerprint density at radius 3 is 2.50 bits per heavy atom. The zero-order chi connectivity index (χ0) is 16.9. The van der Waals surface area contributed by atoms with E-state index in [9.17, 15) is 9.18 Å². The van der Waals surface area contributed by atoms with Gasteiger partial charge in [-0.2, -0.15) is 0 Å². The molecule has 124 valence electrons. The van der Waals surface area contributed by atoms with Crippen LogP contribution in [-0.4, -0.2) is 32.4 Å². The first-order chi connectivity index (χ1) is 11.7. The van der Waals surface area contributed by atoms with Crippen molar-refractivity contribution in [1.29, 1.82) is 0 Å². The molecule has 0 aliphatic carbocycles. The molecule has 2 aromatic rings. The van der Waals surface area contributed by atoms with Crippen LogP contribution in [-0.2, 0) is 4.74 Å². The summed E-state index contributed by atoms with van der Waals surface area (Å²) in [6.45, 7) is 1.83. The van der Waals surface area contributed by atoms with Gasteiger partial charge in [-0.25, -0.2) is 9.18 Å². The molecule has 0 amide bonds. The predicted molar refractivity (Wildman–Crippen MR) is 92.9 cm³/mol. The van der Waals surface area contributed by atoms with E-state index >= 15 is 0 Å². The fourth-order valence-electron chi connectivity index (χ4n) is 2.77. The van der Waals surface area contributed by atoms with Crippen LogP contribution in [0.25, 0.3) is 0 Å². The van der Waals surface area contributed by atoms with Crippen molar-refractivity contribution >= 4 is 23.6 Å². The SMILES string of the molecule is COC(=O)c1ccc(N=Cc2ccc(N3CCCC3)c(F)c2)cc1. The molecule has 1 heterocycles. The van der Waals surface area contributed by atoms with Crippen molar-refractivity contribution in [3.8, 4) is 0 Å². The number of esters is 1. The van der Waals surface area contributed by atoms with E-state index in [1.807, 2.05) is 12.1 Å². The van der Waals surface area contributed by atoms with Crippen molar-refractivity contribution in [3.63, 3.8) is 0 Å². The lowest BCUT2D eigenvalue weighted by atomic mass is 10.2. The molecule has 24 heavy (non-hydrogen) atoms. The summed E-state index contributed by atoms with van der Waals surface area (Å²) in [5, 5.41) is 0. The maximum Gasteiger partial charge on any atom is 0.337 e. The smallest absolute Gasteiger partial charge is 0.337 e. The second kappa shape index (κ2) is 7.25. The average Bonchev–Trinajstić information content (AvgIpc) is 3.14. The third-order valence-corrected chi connectivity index (χ3v) is 4.07. The lowest BCUT2D eigenvalue weighted by Gasteiger charge is -2.18. The van der Waals surface area contributed by atoms with E-state index in [4.69, 9.17) is 0 Å². The predicted octanol–water partition coefficient (Wildman–Crippen LogP) is 3.96. The Labute approximate surface area is 140 Å². The number of carbonyl (C=O) groups excluding carboxylic acids is 1. The molecule has 1 aliphatic heterocycles. The number of benzene rings is 2. The third kappa shape index (κ3) is 3.62. The van der Waals surface area contributed by atoms with Gasteiger partial charge in [0.25, 0.3) is 0 Å². The van der Waals surface area contributed by atoms with Crippen molar-refractivity contribution in [2.24, 2.45) is 4.99 Å². The molecule has 0 atom stereocenters. The molecule has 0 N–H and O–H groups in total. The van der Waals surface area contributed by atoms with Crippen LogP contribution >= 0.6 is 0 Å². The third-order valence-electron chi connectivity index (χ3n) is 4.07. The topological polar surface area (TPSA) is 41.9 Å². The molecule has 1 saturated heterocycles. The van der Waals surface area contributed by atoms with E-state index in [2.05, 4.69) is 14.6 Å². The van der Waals surface area contributed by atoms with E-state index in [1.54, 1.807) is 30.5 Å². The van der Waals surface area contributed by atoms with E-state index in [1.165, 1.54) is 13.2 Å². The zero-order valence-corrected chi connectivity index (χ0v) is 13.5. The van der Waals surface area contributed by atoms with Crippen LogP contribution in [0, 0.1) is 5.82 Å². The van der Waals surface area contributed by atoms with E-state index < -0.39 is 0 Å². The molecule has 4 nitrogen and oxygen atoms in total. The molecule has 0 unspecified atom stereocenters. The highest BCUT2D eigenvalue weighted by molar-refractivity contribution is 5.90. The van der Waals surface area contributed by atoms with Crippen LogP contribution in [0.5, 0.6) is 0 Å². The van der Waals surface area contributed by atoms with Crippen LogP contribution in [0.4, 0.5) is 15.8 Å². The molecule has 1 fully saturated rings. The number of anilines is 1. The molecule has 0 spiro atoms. The summed E-state index contributed by atoms with van der Waals surface area (Å²) in [4.78, 5) is 17.8. The van der Waals surface area contributed by atoms with Crippen molar-refractivity contribution in [2.45, 2.75) is 12.8 Å². The molecule has 0 aromatic heterocycles. The highest BCUT2D eigenvalue weighted by Gasteiger charge is 2.15. The maximum absolute atomic E-state index is 14.3. The first-order valence-electron chi connectivity index (χ1n) is 7.94. The van der Waals surface area contributed by atoms with Gasteiger partial charge in [-0.1, -0.05) is 6.07 Å². The summed E-state index contributed by atoms with van der Waals surface area (Å²) in [5.74, 6) is -0.605. The minimum Gasteiger partial charge on any atom is -0.465 e. The maximum atomic E-state index is 14.3. The number of aliphatic imine (C=N–C) groups is 1. The molecular weight excluding hydrogens is 307 g/mol. The standard InChI is InChI=1S/C19H19FN2O2/c1-24-19(23)15-5-7-16(8-6-15)21-13-14-4-9-18(17(20)12-14)22-10-2-3-11-22/h4-9,12-13H,2-3,10-11H2,1H3. The van der Waals surface area contributed by atoms with E-state index in [0.717, 1.165) is 25.9 Å². The normalized spacial score (nSPS) is 14.3. The molecule has 1 aliphatic rings. The van der Waals surface area contributed by atoms with Gasteiger partial charge in [0.1, 0.15) is 5.82 Å². The minimum absolute atomic E-state index is 0.220. The Morgan fingerprint density at radius 2 is 1.88 bits per heavy atom. The summed E-state index contributed by atoms with van der Waals surface area (Å²) in [6.07, 6.45) is 3.85. The fraction of sp³-hybridized carbons (Fsp3) is 0.263. The van der Waals surface area contributed by atoms with Crippen LogP contribution < -0.4 is 4.90 Å².